The number of aliphatic hydroxyl groups excluding tert-OH is 1. The Morgan fingerprint density at radius 2 is 1.94 bits per heavy atom. The van der Waals surface area contributed by atoms with Gasteiger partial charge in [0.2, 0.25) is 5.88 Å². The number of hydrogen-bond donors (Lipinski definition) is 1. The molecule has 1 aromatic heterocycles. The Labute approximate surface area is 92.1 Å². The number of ether oxygens (including phenoxy) is 1. The zero-order chi connectivity index (χ0) is 13.1. The van der Waals surface area contributed by atoms with Crippen LogP contribution < -0.4 is 4.74 Å². The first-order valence-corrected chi connectivity index (χ1v) is 4.27. The normalized spacial score (nSPS) is 13.8. The highest BCUT2D eigenvalue weighted by atomic mass is 19.4. The van der Waals surface area contributed by atoms with E-state index in [1.54, 1.807) is 0 Å². The molecule has 96 valence electrons. The van der Waals surface area contributed by atoms with Crippen LogP contribution in [0.5, 0.6) is 5.88 Å². The van der Waals surface area contributed by atoms with Gasteiger partial charge in [-0.05, 0) is 0 Å². The molecule has 0 aliphatic rings. The molecule has 0 aromatic carbocycles. The molecule has 1 rings (SSSR count). The van der Waals surface area contributed by atoms with Gasteiger partial charge in [0.1, 0.15) is 6.33 Å². The predicted molar refractivity (Wildman–Crippen MR) is 44.5 cm³/mol. The number of alkyl halides is 5. The Morgan fingerprint density at radius 1 is 1.29 bits per heavy atom. The summed E-state index contributed by atoms with van der Waals surface area (Å²) in [5, 5.41) is 8.93. The molecule has 0 radical (unpaired) electrons. The summed E-state index contributed by atoms with van der Waals surface area (Å²) in [7, 11) is 0. The molecule has 0 amide bonds. The third-order valence-corrected chi connectivity index (χ3v) is 1.59. The zero-order valence-corrected chi connectivity index (χ0v) is 8.16. The van der Waals surface area contributed by atoms with Gasteiger partial charge in [-0.25, -0.2) is 18.7 Å². The Bertz CT molecular complexity index is 371. The fraction of sp³-hybridized carbons (Fsp3) is 0.500. The number of aromatic nitrogens is 2. The fourth-order valence-electron chi connectivity index (χ4n) is 0.879. The van der Waals surface area contributed by atoms with Crippen molar-refractivity contribution in [3.63, 3.8) is 0 Å². The van der Waals surface area contributed by atoms with Gasteiger partial charge < -0.3 is 9.84 Å². The first-order valence-electron chi connectivity index (χ1n) is 4.27. The standard InChI is InChI=1S/C8H7F5N2O2/c9-7(10)6(16)4-1-5(15-3-14-4)17-2-8(11,12)13/h1,3,6-7,16H,2H2. The van der Waals surface area contributed by atoms with E-state index in [0.717, 1.165) is 12.4 Å². The monoisotopic (exact) mass is 258 g/mol. The summed E-state index contributed by atoms with van der Waals surface area (Å²) in [6.45, 7) is -1.60. The van der Waals surface area contributed by atoms with Crippen LogP contribution >= 0.6 is 0 Å². The largest absolute Gasteiger partial charge is 0.468 e. The van der Waals surface area contributed by atoms with Crippen LogP contribution in [0.4, 0.5) is 22.0 Å². The van der Waals surface area contributed by atoms with Gasteiger partial charge in [0.25, 0.3) is 6.43 Å². The average molecular weight is 258 g/mol. The molecule has 17 heavy (non-hydrogen) atoms. The van der Waals surface area contributed by atoms with Crippen molar-refractivity contribution in [1.82, 2.24) is 9.97 Å². The van der Waals surface area contributed by atoms with E-state index < -0.39 is 36.9 Å². The topological polar surface area (TPSA) is 55.2 Å². The molecule has 1 atom stereocenters. The lowest BCUT2D eigenvalue weighted by atomic mass is 10.2. The second-order valence-corrected chi connectivity index (χ2v) is 2.96. The quantitative estimate of drug-likeness (QED) is 0.835. The lowest BCUT2D eigenvalue weighted by Crippen LogP contribution is -2.20. The predicted octanol–water partition coefficient (Wildman–Crippen LogP) is 1.72. The molecule has 0 saturated heterocycles. The molecule has 0 bridgehead atoms. The van der Waals surface area contributed by atoms with Crippen LogP contribution in [0.1, 0.15) is 11.8 Å². The summed E-state index contributed by atoms with van der Waals surface area (Å²) in [5.74, 6) is -0.535. The molecular weight excluding hydrogens is 251 g/mol. The van der Waals surface area contributed by atoms with Gasteiger partial charge in [0.15, 0.2) is 12.7 Å². The van der Waals surface area contributed by atoms with Crippen LogP contribution in [-0.4, -0.2) is 34.3 Å². The number of aliphatic hydroxyl groups is 1. The third kappa shape index (κ3) is 4.47. The molecule has 1 heterocycles. The number of hydrogen-bond acceptors (Lipinski definition) is 4. The van der Waals surface area contributed by atoms with E-state index in [0.29, 0.717) is 0 Å². The minimum absolute atomic E-state index is 0.507. The SMILES string of the molecule is OC(c1cc(OCC(F)(F)F)ncn1)C(F)F. The summed E-state index contributed by atoms with van der Waals surface area (Å²) >= 11 is 0. The molecule has 0 spiro atoms. The highest BCUT2D eigenvalue weighted by molar-refractivity contribution is 5.15. The van der Waals surface area contributed by atoms with Crippen molar-refractivity contribution in [3.8, 4) is 5.88 Å². The Balaban J connectivity index is 2.73. The molecule has 0 aliphatic heterocycles. The van der Waals surface area contributed by atoms with Crippen molar-refractivity contribution >= 4 is 0 Å². The second kappa shape index (κ2) is 5.21. The lowest BCUT2D eigenvalue weighted by molar-refractivity contribution is -0.154. The van der Waals surface area contributed by atoms with E-state index in [1.165, 1.54) is 0 Å². The number of rotatable bonds is 4. The van der Waals surface area contributed by atoms with Crippen LogP contribution in [0, 0.1) is 0 Å². The van der Waals surface area contributed by atoms with Crippen molar-refractivity contribution in [2.75, 3.05) is 6.61 Å². The lowest BCUT2D eigenvalue weighted by Gasteiger charge is -2.11. The highest BCUT2D eigenvalue weighted by Gasteiger charge is 2.29. The summed E-state index contributed by atoms with van der Waals surface area (Å²) < 4.78 is 63.8. The van der Waals surface area contributed by atoms with Gasteiger partial charge in [-0.1, -0.05) is 0 Å². The molecule has 0 saturated carbocycles. The maximum absolute atomic E-state index is 12.1. The van der Waals surface area contributed by atoms with Crippen LogP contribution in [0.25, 0.3) is 0 Å². The van der Waals surface area contributed by atoms with Crippen molar-refractivity contribution in [3.05, 3.63) is 18.1 Å². The van der Waals surface area contributed by atoms with Gasteiger partial charge >= 0.3 is 6.18 Å². The molecule has 1 aromatic rings. The molecule has 4 nitrogen and oxygen atoms in total. The zero-order valence-electron chi connectivity index (χ0n) is 8.16. The Hall–Kier alpha value is -1.51. The number of nitrogens with zero attached hydrogens (tertiary/aromatic N) is 2. The third-order valence-electron chi connectivity index (χ3n) is 1.59. The maximum atomic E-state index is 12.1. The minimum atomic E-state index is -4.56. The van der Waals surface area contributed by atoms with Crippen molar-refractivity contribution in [2.45, 2.75) is 18.7 Å². The van der Waals surface area contributed by atoms with Crippen LogP contribution in [0.2, 0.25) is 0 Å². The molecule has 0 aliphatic carbocycles. The maximum Gasteiger partial charge on any atom is 0.422 e. The van der Waals surface area contributed by atoms with Gasteiger partial charge in [-0.3, -0.25) is 0 Å². The fourth-order valence-corrected chi connectivity index (χ4v) is 0.879. The Kier molecular flexibility index (Phi) is 4.16. The summed E-state index contributed by atoms with van der Waals surface area (Å²) in [6.07, 6.45) is -9.12. The van der Waals surface area contributed by atoms with Gasteiger partial charge in [-0.2, -0.15) is 13.2 Å². The smallest absolute Gasteiger partial charge is 0.422 e. The Morgan fingerprint density at radius 3 is 2.47 bits per heavy atom. The molecular formula is C8H7F5N2O2. The van der Waals surface area contributed by atoms with E-state index in [9.17, 15) is 22.0 Å². The number of halogens is 5. The van der Waals surface area contributed by atoms with E-state index in [-0.39, 0.29) is 0 Å². The molecule has 0 fully saturated rings. The van der Waals surface area contributed by atoms with Gasteiger partial charge in [0.05, 0.1) is 5.69 Å². The van der Waals surface area contributed by atoms with E-state index in [2.05, 4.69) is 14.7 Å². The highest BCUT2D eigenvalue weighted by Crippen LogP contribution is 2.22. The minimum Gasteiger partial charge on any atom is -0.468 e. The van der Waals surface area contributed by atoms with E-state index in [4.69, 9.17) is 5.11 Å². The first kappa shape index (κ1) is 13.6. The van der Waals surface area contributed by atoms with Gasteiger partial charge in [0, 0.05) is 6.07 Å². The molecule has 1 N–H and O–H groups in total. The summed E-state index contributed by atoms with van der Waals surface area (Å²) in [6, 6.07) is 0.725. The average Bonchev–Trinajstić information content (AvgIpc) is 2.24. The second-order valence-electron chi connectivity index (χ2n) is 2.96. The van der Waals surface area contributed by atoms with E-state index in [1.807, 2.05) is 0 Å². The van der Waals surface area contributed by atoms with Gasteiger partial charge in [-0.15, -0.1) is 0 Å². The molecule has 9 heteroatoms. The van der Waals surface area contributed by atoms with Crippen LogP contribution in [0.15, 0.2) is 12.4 Å². The molecule has 1 unspecified atom stereocenters. The van der Waals surface area contributed by atoms with Crippen molar-refractivity contribution < 1.29 is 31.8 Å². The first-order chi connectivity index (χ1) is 7.79. The summed E-state index contributed by atoms with van der Waals surface area (Å²) in [4.78, 5) is 6.60. The van der Waals surface area contributed by atoms with Crippen LogP contribution in [0.3, 0.4) is 0 Å². The van der Waals surface area contributed by atoms with Crippen molar-refractivity contribution in [1.29, 1.82) is 0 Å². The van der Waals surface area contributed by atoms with Crippen LogP contribution in [-0.2, 0) is 0 Å². The van der Waals surface area contributed by atoms with Crippen molar-refractivity contribution in [2.24, 2.45) is 0 Å². The summed E-state index contributed by atoms with van der Waals surface area (Å²) in [5.41, 5.74) is -0.507. The van der Waals surface area contributed by atoms with E-state index >= 15 is 0 Å².